The zero-order valence-corrected chi connectivity index (χ0v) is 9.05. The number of aliphatic carboxylic acids is 1. The molecule has 6 nitrogen and oxygen atoms in total. The molecule has 0 aromatic heterocycles. The first-order chi connectivity index (χ1) is 8.15. The summed E-state index contributed by atoms with van der Waals surface area (Å²) >= 11 is 0. The number of carboxylic acid groups (broad SMARTS) is 1. The van der Waals surface area contributed by atoms with E-state index in [0.717, 1.165) is 0 Å². The van der Waals surface area contributed by atoms with E-state index >= 15 is 0 Å². The number of aromatic hydroxyl groups is 1. The lowest BCUT2D eigenvalue weighted by Crippen LogP contribution is -2.22. The molecule has 1 aromatic carbocycles. The Morgan fingerprint density at radius 3 is 2.76 bits per heavy atom. The molecular formula is C11H13NO5. The van der Waals surface area contributed by atoms with Gasteiger partial charge in [-0.15, -0.1) is 0 Å². The average Bonchev–Trinajstić information content (AvgIpc) is 2.33. The summed E-state index contributed by atoms with van der Waals surface area (Å²) in [7, 11) is 0. The Labute approximate surface area is 97.6 Å². The molecule has 2 rings (SSSR count). The fraction of sp³-hybridized carbons (Fsp3) is 0.364. The van der Waals surface area contributed by atoms with Gasteiger partial charge in [0, 0.05) is 12.1 Å². The number of phenols is 1. The van der Waals surface area contributed by atoms with Gasteiger partial charge in [0.2, 0.25) is 5.75 Å². The second kappa shape index (κ2) is 4.50. The number of fused-ring (bicyclic) bond motifs is 1. The molecule has 0 fully saturated rings. The van der Waals surface area contributed by atoms with Gasteiger partial charge in [0.25, 0.3) is 0 Å². The summed E-state index contributed by atoms with van der Waals surface area (Å²) in [6.07, 6.45) is 0. The summed E-state index contributed by atoms with van der Waals surface area (Å²) in [5.41, 5.74) is 5.63. The maximum atomic E-state index is 11.0. The maximum Gasteiger partial charge on any atom is 0.312 e. The minimum atomic E-state index is -1.08. The predicted octanol–water partition coefficient (Wildman–Crippen LogP) is 0.290. The molecule has 0 saturated carbocycles. The highest BCUT2D eigenvalue weighted by Crippen LogP contribution is 2.43. The van der Waals surface area contributed by atoms with Crippen LogP contribution in [0.25, 0.3) is 0 Å². The Morgan fingerprint density at radius 1 is 1.41 bits per heavy atom. The van der Waals surface area contributed by atoms with E-state index in [0.29, 0.717) is 19.0 Å². The van der Waals surface area contributed by atoms with Crippen LogP contribution >= 0.6 is 0 Å². The van der Waals surface area contributed by atoms with Crippen LogP contribution < -0.4 is 15.2 Å². The fourth-order valence-electron chi connectivity index (χ4n) is 1.76. The molecule has 17 heavy (non-hydrogen) atoms. The van der Waals surface area contributed by atoms with Crippen molar-refractivity contribution in [2.24, 2.45) is 5.73 Å². The molecule has 1 unspecified atom stereocenters. The van der Waals surface area contributed by atoms with Gasteiger partial charge in [-0.3, -0.25) is 4.79 Å². The summed E-state index contributed by atoms with van der Waals surface area (Å²) in [6, 6.07) is 3.07. The number of carboxylic acids is 1. The van der Waals surface area contributed by atoms with Gasteiger partial charge in [0.1, 0.15) is 13.2 Å². The van der Waals surface area contributed by atoms with Gasteiger partial charge in [-0.1, -0.05) is 6.07 Å². The number of carbonyl (C=O) groups is 1. The van der Waals surface area contributed by atoms with Crippen molar-refractivity contribution in [2.45, 2.75) is 5.92 Å². The number of rotatable bonds is 3. The highest BCUT2D eigenvalue weighted by molar-refractivity contribution is 5.78. The van der Waals surface area contributed by atoms with E-state index in [2.05, 4.69) is 0 Å². The van der Waals surface area contributed by atoms with E-state index in [1.807, 2.05) is 0 Å². The first-order valence-electron chi connectivity index (χ1n) is 5.19. The number of phenolic OH excluding ortho intramolecular Hbond substituents is 1. The van der Waals surface area contributed by atoms with Gasteiger partial charge < -0.3 is 25.4 Å². The minimum absolute atomic E-state index is 0.0947. The zero-order chi connectivity index (χ0) is 12.4. The molecule has 0 saturated heterocycles. The Bertz CT molecular complexity index is 446. The molecule has 6 heteroatoms. The topological polar surface area (TPSA) is 102 Å². The second-order valence-corrected chi connectivity index (χ2v) is 3.65. The highest BCUT2D eigenvalue weighted by atomic mass is 16.6. The van der Waals surface area contributed by atoms with Crippen molar-refractivity contribution in [3.05, 3.63) is 17.7 Å². The molecule has 92 valence electrons. The Hall–Kier alpha value is -1.95. The third-order valence-electron chi connectivity index (χ3n) is 2.62. The molecule has 1 atom stereocenters. The molecule has 0 spiro atoms. The van der Waals surface area contributed by atoms with E-state index in [1.165, 1.54) is 6.07 Å². The van der Waals surface area contributed by atoms with E-state index in [1.54, 1.807) is 6.07 Å². The lowest BCUT2D eigenvalue weighted by atomic mass is 9.97. The summed E-state index contributed by atoms with van der Waals surface area (Å²) in [5, 5.41) is 19.0. The van der Waals surface area contributed by atoms with Crippen molar-refractivity contribution < 1.29 is 24.5 Å². The quantitative estimate of drug-likeness (QED) is 0.700. The van der Waals surface area contributed by atoms with Crippen LogP contribution in [-0.4, -0.2) is 35.9 Å². The van der Waals surface area contributed by atoms with Crippen LogP contribution in [0.5, 0.6) is 17.2 Å². The summed E-state index contributed by atoms with van der Waals surface area (Å²) in [4.78, 5) is 11.0. The van der Waals surface area contributed by atoms with Crippen LogP contribution in [0.2, 0.25) is 0 Å². The predicted molar refractivity (Wildman–Crippen MR) is 58.5 cm³/mol. The number of nitrogens with two attached hydrogens (primary N) is 1. The average molecular weight is 239 g/mol. The fourth-order valence-corrected chi connectivity index (χ4v) is 1.76. The van der Waals surface area contributed by atoms with Gasteiger partial charge in [-0.2, -0.15) is 0 Å². The first-order valence-corrected chi connectivity index (χ1v) is 5.19. The zero-order valence-electron chi connectivity index (χ0n) is 9.05. The smallest absolute Gasteiger partial charge is 0.312 e. The van der Waals surface area contributed by atoms with Crippen molar-refractivity contribution in [3.8, 4) is 17.2 Å². The van der Waals surface area contributed by atoms with Gasteiger partial charge in [0.05, 0.1) is 5.92 Å². The second-order valence-electron chi connectivity index (χ2n) is 3.65. The Morgan fingerprint density at radius 2 is 2.12 bits per heavy atom. The molecule has 1 aromatic rings. The van der Waals surface area contributed by atoms with Gasteiger partial charge >= 0.3 is 5.97 Å². The highest BCUT2D eigenvalue weighted by Gasteiger charge is 2.26. The lowest BCUT2D eigenvalue weighted by Gasteiger charge is -2.22. The molecule has 1 aliphatic rings. The van der Waals surface area contributed by atoms with Gasteiger partial charge in [0.15, 0.2) is 11.5 Å². The number of hydrogen-bond donors (Lipinski definition) is 3. The maximum absolute atomic E-state index is 11.0. The van der Waals surface area contributed by atoms with Crippen molar-refractivity contribution in [2.75, 3.05) is 19.8 Å². The summed E-state index contributed by atoms with van der Waals surface area (Å²) in [5.74, 6) is -1.64. The SMILES string of the molecule is NCC(C(=O)O)c1ccc2c(c1O)OCCO2. The lowest BCUT2D eigenvalue weighted by molar-refractivity contribution is -0.138. The van der Waals surface area contributed by atoms with Crippen LogP contribution in [0.3, 0.4) is 0 Å². The van der Waals surface area contributed by atoms with Gasteiger partial charge in [-0.25, -0.2) is 0 Å². The molecule has 0 radical (unpaired) electrons. The molecular weight excluding hydrogens is 226 g/mol. The molecule has 0 amide bonds. The first kappa shape index (κ1) is 11.5. The van der Waals surface area contributed by atoms with E-state index < -0.39 is 11.9 Å². The molecule has 0 aliphatic carbocycles. The van der Waals surface area contributed by atoms with Crippen LogP contribution in [-0.2, 0) is 4.79 Å². The number of ether oxygens (including phenoxy) is 2. The molecule has 1 heterocycles. The van der Waals surface area contributed by atoms with E-state index in [9.17, 15) is 9.90 Å². The third-order valence-corrected chi connectivity index (χ3v) is 2.62. The van der Waals surface area contributed by atoms with Crippen molar-refractivity contribution in [3.63, 3.8) is 0 Å². The number of benzene rings is 1. The van der Waals surface area contributed by atoms with Gasteiger partial charge in [-0.05, 0) is 6.07 Å². The van der Waals surface area contributed by atoms with Crippen LogP contribution in [0, 0.1) is 0 Å². The summed E-state index contributed by atoms with van der Waals surface area (Å²) in [6.45, 7) is 0.637. The van der Waals surface area contributed by atoms with Crippen molar-refractivity contribution in [1.82, 2.24) is 0 Å². The van der Waals surface area contributed by atoms with Crippen molar-refractivity contribution >= 4 is 5.97 Å². The van der Waals surface area contributed by atoms with Crippen LogP contribution in [0.4, 0.5) is 0 Å². The van der Waals surface area contributed by atoms with Crippen molar-refractivity contribution in [1.29, 1.82) is 0 Å². The molecule has 4 N–H and O–H groups in total. The monoisotopic (exact) mass is 239 g/mol. The Balaban J connectivity index is 2.45. The third kappa shape index (κ3) is 1.99. The summed E-state index contributed by atoms with van der Waals surface area (Å²) < 4.78 is 10.5. The largest absolute Gasteiger partial charge is 0.504 e. The Kier molecular flexibility index (Phi) is 3.06. The normalized spacial score (nSPS) is 15.4. The van der Waals surface area contributed by atoms with E-state index in [4.69, 9.17) is 20.3 Å². The van der Waals surface area contributed by atoms with Crippen LogP contribution in [0.1, 0.15) is 11.5 Å². The minimum Gasteiger partial charge on any atom is -0.504 e. The van der Waals surface area contributed by atoms with E-state index in [-0.39, 0.29) is 23.6 Å². The molecule has 1 aliphatic heterocycles. The number of hydrogen-bond acceptors (Lipinski definition) is 5. The molecule has 0 bridgehead atoms. The van der Waals surface area contributed by atoms with Crippen LogP contribution in [0.15, 0.2) is 12.1 Å². The standard InChI is InChI=1S/C11H13NO5/c12-5-7(11(14)15)6-1-2-8-10(9(6)13)17-4-3-16-8/h1-2,7,13H,3-5,12H2,(H,14,15).